The summed E-state index contributed by atoms with van der Waals surface area (Å²) in [6.45, 7) is -0.125. The first kappa shape index (κ1) is 15.8. The fraction of sp³-hybridized carbons (Fsp3) is 0.429. The van der Waals surface area contributed by atoms with Gasteiger partial charge in [-0.2, -0.15) is 8.78 Å². The molecule has 0 aliphatic rings. The van der Waals surface area contributed by atoms with Crippen molar-refractivity contribution in [1.29, 1.82) is 0 Å². The molecule has 0 saturated heterocycles. The number of benzene rings is 1. The van der Waals surface area contributed by atoms with Gasteiger partial charge in [0.15, 0.2) is 0 Å². The summed E-state index contributed by atoms with van der Waals surface area (Å²) in [5, 5.41) is 10.5. The second-order valence-electron chi connectivity index (χ2n) is 4.78. The Labute approximate surface area is 118 Å². The smallest absolute Gasteiger partial charge is 0.330 e. The van der Waals surface area contributed by atoms with Crippen LogP contribution in [0.2, 0.25) is 0 Å². The first-order chi connectivity index (χ1) is 9.79. The van der Waals surface area contributed by atoms with E-state index >= 15 is 0 Å². The molecule has 0 aliphatic heterocycles. The van der Waals surface area contributed by atoms with Crippen LogP contribution in [0.5, 0.6) is 0 Å². The third-order valence-electron chi connectivity index (χ3n) is 2.91. The molecule has 3 nitrogen and oxygen atoms in total. The average Bonchev–Trinajstić information content (AvgIpc) is 2.81. The van der Waals surface area contributed by atoms with Crippen molar-refractivity contribution >= 4 is 11.0 Å². The highest BCUT2D eigenvalue weighted by Gasteiger charge is 2.41. The topological polar surface area (TPSA) is 42.6 Å². The second kappa shape index (κ2) is 6.03. The van der Waals surface area contributed by atoms with E-state index in [0.29, 0.717) is 5.58 Å². The summed E-state index contributed by atoms with van der Waals surface area (Å²) in [4.78, 5) is 0. The molecule has 2 rings (SSSR count). The lowest BCUT2D eigenvalue weighted by molar-refractivity contribution is -0.171. The van der Waals surface area contributed by atoms with Crippen molar-refractivity contribution in [2.45, 2.75) is 25.4 Å². The first-order valence-electron chi connectivity index (χ1n) is 6.21. The molecule has 0 spiro atoms. The maximum atomic E-state index is 12.6. The van der Waals surface area contributed by atoms with Crippen molar-refractivity contribution in [1.82, 2.24) is 0 Å². The Bertz CT molecular complexity index is 609. The molecule has 0 radical (unpaired) electrons. The molecular formula is C14H14F4O3. The van der Waals surface area contributed by atoms with Crippen molar-refractivity contribution in [2.24, 2.45) is 0 Å². The summed E-state index contributed by atoms with van der Waals surface area (Å²) < 4.78 is 58.9. The summed E-state index contributed by atoms with van der Waals surface area (Å²) in [6, 6.07) is 6.93. The Hall–Kier alpha value is -1.60. The molecule has 1 heterocycles. The van der Waals surface area contributed by atoms with Gasteiger partial charge in [-0.05, 0) is 25.1 Å². The summed E-state index contributed by atoms with van der Waals surface area (Å²) in [6.07, 6.45) is -5.10. The van der Waals surface area contributed by atoms with E-state index in [1.54, 1.807) is 12.1 Å². The number of aliphatic hydroxyl groups is 1. The molecule has 0 bridgehead atoms. The number of alkyl halides is 4. The molecule has 1 aromatic heterocycles. The van der Waals surface area contributed by atoms with Crippen molar-refractivity contribution in [3.8, 4) is 0 Å². The van der Waals surface area contributed by atoms with Crippen LogP contribution < -0.4 is 0 Å². The Morgan fingerprint density at radius 2 is 2.00 bits per heavy atom. The maximum Gasteiger partial charge on any atom is 0.330 e. The van der Waals surface area contributed by atoms with Crippen molar-refractivity contribution in [3.63, 3.8) is 0 Å². The van der Waals surface area contributed by atoms with Gasteiger partial charge in [0.1, 0.15) is 24.1 Å². The highest BCUT2D eigenvalue weighted by atomic mass is 19.3. The van der Waals surface area contributed by atoms with Crippen LogP contribution in [0.3, 0.4) is 0 Å². The Balaban J connectivity index is 1.97. The van der Waals surface area contributed by atoms with Gasteiger partial charge < -0.3 is 14.3 Å². The first-order valence-corrected chi connectivity index (χ1v) is 6.21. The predicted octanol–water partition coefficient (Wildman–Crippen LogP) is 3.69. The van der Waals surface area contributed by atoms with E-state index in [9.17, 15) is 22.7 Å². The third-order valence-corrected chi connectivity index (χ3v) is 2.91. The van der Waals surface area contributed by atoms with Crippen LogP contribution in [0, 0.1) is 6.92 Å². The minimum atomic E-state index is -4.23. The molecule has 1 unspecified atom stereocenters. The quantitative estimate of drug-likeness (QED) is 0.828. The van der Waals surface area contributed by atoms with Gasteiger partial charge in [0.2, 0.25) is 0 Å². The van der Waals surface area contributed by atoms with Crippen LogP contribution in [-0.2, 0) is 4.74 Å². The average molecular weight is 306 g/mol. The lowest BCUT2D eigenvalue weighted by atomic mass is 10.2. The van der Waals surface area contributed by atoms with Gasteiger partial charge in [0, 0.05) is 5.39 Å². The number of halogens is 4. The molecule has 1 aromatic carbocycles. The highest BCUT2D eigenvalue weighted by molar-refractivity contribution is 5.78. The molecule has 0 amide bonds. The van der Waals surface area contributed by atoms with E-state index in [4.69, 9.17) is 4.42 Å². The van der Waals surface area contributed by atoms with E-state index in [1.165, 1.54) is 0 Å². The van der Waals surface area contributed by atoms with Crippen LogP contribution in [0.15, 0.2) is 28.7 Å². The fourth-order valence-corrected chi connectivity index (χ4v) is 1.80. The summed E-state index contributed by atoms with van der Waals surface area (Å²) in [7, 11) is 0. The molecule has 7 heteroatoms. The minimum Gasteiger partial charge on any atom is -0.458 e. The lowest BCUT2D eigenvalue weighted by Gasteiger charge is -2.16. The van der Waals surface area contributed by atoms with Gasteiger partial charge in [0.25, 0.3) is 0 Å². The largest absolute Gasteiger partial charge is 0.458 e. The van der Waals surface area contributed by atoms with Crippen LogP contribution in [0.1, 0.15) is 17.4 Å². The number of fused-ring (bicyclic) bond motifs is 1. The monoisotopic (exact) mass is 306 g/mol. The molecule has 0 saturated carbocycles. The van der Waals surface area contributed by atoms with E-state index < -0.39 is 31.7 Å². The van der Waals surface area contributed by atoms with Crippen molar-refractivity contribution in [3.05, 3.63) is 35.6 Å². The molecule has 21 heavy (non-hydrogen) atoms. The lowest BCUT2D eigenvalue weighted by Crippen LogP contribution is -2.33. The minimum absolute atomic E-state index is 0.135. The van der Waals surface area contributed by atoms with Gasteiger partial charge in [-0.15, -0.1) is 0 Å². The zero-order valence-corrected chi connectivity index (χ0v) is 11.2. The second-order valence-corrected chi connectivity index (χ2v) is 4.78. The number of rotatable bonds is 6. The normalized spacial score (nSPS) is 14.0. The van der Waals surface area contributed by atoms with Gasteiger partial charge in [-0.25, -0.2) is 8.78 Å². The Morgan fingerprint density at radius 1 is 1.29 bits per heavy atom. The number of aliphatic hydroxyl groups excluding tert-OH is 1. The van der Waals surface area contributed by atoms with Gasteiger partial charge in [-0.3, -0.25) is 0 Å². The van der Waals surface area contributed by atoms with Crippen LogP contribution >= 0.6 is 0 Å². The van der Waals surface area contributed by atoms with E-state index in [2.05, 4.69) is 4.74 Å². The third kappa shape index (κ3) is 3.74. The van der Waals surface area contributed by atoms with Crippen LogP contribution in [0.4, 0.5) is 17.6 Å². The van der Waals surface area contributed by atoms with Gasteiger partial charge >= 0.3 is 12.3 Å². The van der Waals surface area contributed by atoms with E-state index in [0.717, 1.165) is 10.9 Å². The Morgan fingerprint density at radius 3 is 2.67 bits per heavy atom. The molecule has 2 aromatic rings. The standard InChI is InChI=1S/C14H14F4O3/c1-8-2-3-11-9(4-8)5-12(21-11)10(19)6-20-7-14(17,18)13(15)16/h2-5,10,13,19H,6-7H2,1H3. The zero-order valence-electron chi connectivity index (χ0n) is 11.2. The summed E-state index contributed by atoms with van der Waals surface area (Å²) in [5.74, 6) is -4.10. The SMILES string of the molecule is Cc1ccc2oc(C(O)COCC(F)(F)C(F)F)cc2c1. The Kier molecular flexibility index (Phi) is 4.53. The maximum absolute atomic E-state index is 12.6. The predicted molar refractivity (Wildman–Crippen MR) is 67.7 cm³/mol. The van der Waals surface area contributed by atoms with Crippen LogP contribution in [0.25, 0.3) is 11.0 Å². The number of ether oxygens (including phenoxy) is 1. The molecular weight excluding hydrogens is 292 g/mol. The highest BCUT2D eigenvalue weighted by Crippen LogP contribution is 2.26. The number of furan rings is 1. The molecule has 1 atom stereocenters. The fourth-order valence-electron chi connectivity index (χ4n) is 1.80. The van der Waals surface area contributed by atoms with E-state index in [1.807, 2.05) is 19.1 Å². The summed E-state index contributed by atoms with van der Waals surface area (Å²) in [5.41, 5.74) is 1.53. The van der Waals surface area contributed by atoms with Crippen molar-refractivity contribution < 1.29 is 31.8 Å². The molecule has 0 aliphatic carbocycles. The van der Waals surface area contributed by atoms with Gasteiger partial charge in [-0.1, -0.05) is 11.6 Å². The number of aryl methyl sites for hydroxylation is 1. The van der Waals surface area contributed by atoms with Crippen LogP contribution in [-0.4, -0.2) is 30.7 Å². The molecule has 1 N–H and O–H groups in total. The molecule has 116 valence electrons. The van der Waals surface area contributed by atoms with E-state index in [-0.39, 0.29) is 5.76 Å². The summed E-state index contributed by atoms with van der Waals surface area (Å²) >= 11 is 0. The number of hydrogen-bond donors (Lipinski definition) is 1. The zero-order chi connectivity index (χ0) is 15.6. The number of hydrogen-bond acceptors (Lipinski definition) is 3. The van der Waals surface area contributed by atoms with Gasteiger partial charge in [0.05, 0.1) is 6.61 Å². The molecule has 0 fully saturated rings. The van der Waals surface area contributed by atoms with Crippen molar-refractivity contribution in [2.75, 3.05) is 13.2 Å².